The van der Waals surface area contributed by atoms with E-state index >= 15 is 0 Å². The normalized spacial score (nSPS) is 9.95. The van der Waals surface area contributed by atoms with Gasteiger partial charge in [-0.25, -0.2) is 0 Å². The second kappa shape index (κ2) is 6.49. The molecule has 0 atom stereocenters. The Balaban J connectivity index is 1.73. The van der Waals surface area contributed by atoms with Crippen molar-refractivity contribution in [3.63, 3.8) is 0 Å². The van der Waals surface area contributed by atoms with Gasteiger partial charge in [-0.3, -0.25) is 4.79 Å². The van der Waals surface area contributed by atoms with Crippen LogP contribution in [-0.4, -0.2) is 19.6 Å². The number of amides is 1. The fraction of sp³-hybridized carbons (Fsp3) is 0.214. The van der Waals surface area contributed by atoms with E-state index in [0.29, 0.717) is 6.54 Å². The highest BCUT2D eigenvalue weighted by molar-refractivity contribution is 5.80. The number of anilines is 1. The van der Waals surface area contributed by atoms with Crippen molar-refractivity contribution in [2.75, 3.05) is 19.0 Å². The van der Waals surface area contributed by atoms with Crippen LogP contribution in [0.2, 0.25) is 0 Å². The Morgan fingerprint density at radius 2 is 2.05 bits per heavy atom. The number of methoxy groups -OCH3 is 1. The van der Waals surface area contributed by atoms with Gasteiger partial charge in [-0.05, 0) is 36.4 Å². The van der Waals surface area contributed by atoms with Crippen molar-refractivity contribution >= 4 is 11.6 Å². The SMILES string of the molecule is COc1ccc(NCC(=O)NCc2ccco2)cc1. The molecule has 0 aliphatic heterocycles. The van der Waals surface area contributed by atoms with Crippen molar-refractivity contribution in [2.45, 2.75) is 6.54 Å². The second-order valence-corrected chi connectivity index (χ2v) is 3.94. The largest absolute Gasteiger partial charge is 0.497 e. The minimum atomic E-state index is -0.0905. The lowest BCUT2D eigenvalue weighted by Gasteiger charge is -2.07. The van der Waals surface area contributed by atoms with Crippen molar-refractivity contribution in [1.29, 1.82) is 0 Å². The highest BCUT2D eigenvalue weighted by Gasteiger charge is 2.02. The molecule has 0 unspecified atom stereocenters. The first-order valence-corrected chi connectivity index (χ1v) is 5.95. The van der Waals surface area contributed by atoms with Crippen LogP contribution in [0.1, 0.15) is 5.76 Å². The second-order valence-electron chi connectivity index (χ2n) is 3.94. The van der Waals surface area contributed by atoms with Gasteiger partial charge in [0.15, 0.2) is 0 Å². The third kappa shape index (κ3) is 4.06. The lowest BCUT2D eigenvalue weighted by Crippen LogP contribution is -2.29. The monoisotopic (exact) mass is 260 g/mol. The predicted molar refractivity (Wildman–Crippen MR) is 72.0 cm³/mol. The Morgan fingerprint density at radius 1 is 1.26 bits per heavy atom. The molecule has 5 heteroatoms. The van der Waals surface area contributed by atoms with Crippen molar-refractivity contribution in [3.05, 3.63) is 48.4 Å². The molecule has 0 spiro atoms. The molecule has 1 aromatic carbocycles. The molecular formula is C14H16N2O3. The smallest absolute Gasteiger partial charge is 0.239 e. The predicted octanol–water partition coefficient (Wildman–Crippen LogP) is 2.02. The van der Waals surface area contributed by atoms with E-state index in [1.165, 1.54) is 0 Å². The molecule has 1 aromatic heterocycles. The average molecular weight is 260 g/mol. The number of ether oxygens (including phenoxy) is 1. The Labute approximate surface area is 111 Å². The molecule has 0 saturated heterocycles. The summed E-state index contributed by atoms with van der Waals surface area (Å²) in [5.41, 5.74) is 0.869. The standard InChI is InChI=1S/C14H16N2O3/c1-18-12-6-4-11(5-7-12)15-10-14(17)16-9-13-3-2-8-19-13/h2-8,15H,9-10H2,1H3,(H,16,17). The summed E-state index contributed by atoms with van der Waals surface area (Å²) >= 11 is 0. The first kappa shape index (κ1) is 13.0. The summed E-state index contributed by atoms with van der Waals surface area (Å²) in [5, 5.41) is 5.79. The number of hydrogen-bond acceptors (Lipinski definition) is 4. The minimum absolute atomic E-state index is 0.0905. The van der Waals surface area contributed by atoms with E-state index in [1.807, 2.05) is 30.3 Å². The topological polar surface area (TPSA) is 63.5 Å². The fourth-order valence-corrected chi connectivity index (χ4v) is 1.55. The van der Waals surface area contributed by atoms with Gasteiger partial charge in [-0.15, -0.1) is 0 Å². The summed E-state index contributed by atoms with van der Waals surface area (Å²) in [5.74, 6) is 1.43. The number of carbonyl (C=O) groups excluding carboxylic acids is 1. The Bertz CT molecular complexity index is 506. The zero-order chi connectivity index (χ0) is 13.5. The molecule has 5 nitrogen and oxygen atoms in total. The maximum atomic E-state index is 11.6. The maximum Gasteiger partial charge on any atom is 0.239 e. The van der Waals surface area contributed by atoms with E-state index in [-0.39, 0.29) is 12.5 Å². The van der Waals surface area contributed by atoms with Crippen LogP contribution >= 0.6 is 0 Å². The van der Waals surface area contributed by atoms with Crippen molar-refractivity contribution in [2.24, 2.45) is 0 Å². The molecular weight excluding hydrogens is 244 g/mol. The van der Waals surface area contributed by atoms with Gasteiger partial charge in [-0.1, -0.05) is 0 Å². The highest BCUT2D eigenvalue weighted by Crippen LogP contribution is 2.14. The van der Waals surface area contributed by atoms with E-state index in [9.17, 15) is 4.79 Å². The molecule has 2 aromatic rings. The molecule has 0 saturated carbocycles. The van der Waals surface area contributed by atoms with E-state index < -0.39 is 0 Å². The summed E-state index contributed by atoms with van der Waals surface area (Å²) in [6.45, 7) is 0.614. The molecule has 0 radical (unpaired) electrons. The van der Waals surface area contributed by atoms with Gasteiger partial charge in [0.25, 0.3) is 0 Å². The third-order valence-electron chi connectivity index (χ3n) is 2.58. The lowest BCUT2D eigenvalue weighted by molar-refractivity contribution is -0.119. The van der Waals surface area contributed by atoms with E-state index in [4.69, 9.17) is 9.15 Å². The van der Waals surface area contributed by atoms with Crippen LogP contribution in [0.25, 0.3) is 0 Å². The molecule has 1 amide bonds. The van der Waals surface area contributed by atoms with Gasteiger partial charge in [0, 0.05) is 5.69 Å². The Kier molecular flexibility index (Phi) is 4.44. The molecule has 0 aliphatic carbocycles. The zero-order valence-corrected chi connectivity index (χ0v) is 10.7. The van der Waals surface area contributed by atoms with Gasteiger partial charge in [-0.2, -0.15) is 0 Å². The van der Waals surface area contributed by atoms with Crippen LogP contribution in [0.4, 0.5) is 5.69 Å². The molecule has 2 N–H and O–H groups in total. The van der Waals surface area contributed by atoms with Gasteiger partial charge < -0.3 is 19.8 Å². The summed E-state index contributed by atoms with van der Waals surface area (Å²) in [6.07, 6.45) is 1.58. The molecule has 0 fully saturated rings. The van der Waals surface area contributed by atoms with Gasteiger partial charge in [0.05, 0.1) is 26.5 Å². The summed E-state index contributed by atoms with van der Waals surface area (Å²) < 4.78 is 10.2. The Morgan fingerprint density at radius 3 is 2.68 bits per heavy atom. The molecule has 1 heterocycles. The van der Waals surface area contributed by atoms with Crippen molar-refractivity contribution in [1.82, 2.24) is 5.32 Å². The quantitative estimate of drug-likeness (QED) is 0.834. The van der Waals surface area contributed by atoms with Gasteiger partial charge in [0.2, 0.25) is 5.91 Å². The van der Waals surface area contributed by atoms with Crippen LogP contribution < -0.4 is 15.4 Å². The first-order valence-electron chi connectivity index (χ1n) is 5.95. The lowest BCUT2D eigenvalue weighted by atomic mass is 10.3. The minimum Gasteiger partial charge on any atom is -0.497 e. The number of rotatable bonds is 6. The van der Waals surface area contributed by atoms with Crippen LogP contribution in [0.15, 0.2) is 47.1 Å². The summed E-state index contributed by atoms with van der Waals surface area (Å²) in [6, 6.07) is 11.0. The van der Waals surface area contributed by atoms with Crippen molar-refractivity contribution in [3.8, 4) is 5.75 Å². The van der Waals surface area contributed by atoms with Crippen LogP contribution in [0, 0.1) is 0 Å². The van der Waals surface area contributed by atoms with Crippen molar-refractivity contribution < 1.29 is 13.9 Å². The van der Waals surface area contributed by atoms with E-state index in [0.717, 1.165) is 17.2 Å². The van der Waals surface area contributed by atoms with Gasteiger partial charge in [0.1, 0.15) is 11.5 Å². The number of carbonyl (C=O) groups is 1. The number of benzene rings is 1. The van der Waals surface area contributed by atoms with E-state index in [2.05, 4.69) is 10.6 Å². The highest BCUT2D eigenvalue weighted by atomic mass is 16.5. The maximum absolute atomic E-state index is 11.6. The summed E-state index contributed by atoms with van der Waals surface area (Å²) in [7, 11) is 1.62. The molecule has 100 valence electrons. The number of furan rings is 1. The average Bonchev–Trinajstić information content (AvgIpc) is 2.96. The molecule has 2 rings (SSSR count). The van der Waals surface area contributed by atoms with Crippen LogP contribution in [-0.2, 0) is 11.3 Å². The molecule has 19 heavy (non-hydrogen) atoms. The number of nitrogens with one attached hydrogen (secondary N) is 2. The van der Waals surface area contributed by atoms with Crippen LogP contribution in [0.5, 0.6) is 5.75 Å². The van der Waals surface area contributed by atoms with Crippen LogP contribution in [0.3, 0.4) is 0 Å². The first-order chi connectivity index (χ1) is 9.28. The number of hydrogen-bond donors (Lipinski definition) is 2. The third-order valence-corrected chi connectivity index (χ3v) is 2.58. The molecule has 0 aliphatic rings. The molecule has 0 bridgehead atoms. The summed E-state index contributed by atoms with van der Waals surface area (Å²) in [4.78, 5) is 11.6. The van der Waals surface area contributed by atoms with E-state index in [1.54, 1.807) is 19.4 Å². The Hall–Kier alpha value is -2.43. The zero-order valence-electron chi connectivity index (χ0n) is 10.7. The fourth-order valence-electron chi connectivity index (χ4n) is 1.55. The van der Waals surface area contributed by atoms with Gasteiger partial charge >= 0.3 is 0 Å².